The Bertz CT molecular complexity index is 1800. The van der Waals surface area contributed by atoms with E-state index in [1.54, 1.807) is 18.2 Å². The highest BCUT2D eigenvalue weighted by Gasteiger charge is 2.27. The van der Waals surface area contributed by atoms with Crippen LogP contribution in [0.2, 0.25) is 5.02 Å². The van der Waals surface area contributed by atoms with Crippen molar-refractivity contribution in [3.8, 4) is 40.5 Å². The van der Waals surface area contributed by atoms with Crippen LogP contribution in [0.25, 0.3) is 0 Å². The molecule has 0 saturated carbocycles. The molecule has 2 heterocycles. The maximum Gasteiger partial charge on any atom is 0.335 e. The number of aromatic hydroxyl groups is 1. The number of carboxylic acids is 1. The van der Waals surface area contributed by atoms with Crippen molar-refractivity contribution in [3.05, 3.63) is 94.0 Å². The Kier molecular flexibility index (Phi) is 7.99. The number of aromatic nitrogens is 1. The van der Waals surface area contributed by atoms with Crippen LogP contribution in [0, 0.1) is 17.0 Å². The largest absolute Gasteiger partial charge is 0.504 e. The highest BCUT2D eigenvalue weighted by atomic mass is 35.5. The monoisotopic (exact) mass is 609 g/mol. The highest BCUT2D eigenvalue weighted by molar-refractivity contribution is 6.32. The number of likely N-dealkylation sites (N-methyl/N-ethyl adjacent to an activating group) is 1. The summed E-state index contributed by atoms with van der Waals surface area (Å²) in [5, 5.41) is 26.9. The van der Waals surface area contributed by atoms with Gasteiger partial charge in [-0.25, -0.2) is 4.79 Å². The van der Waals surface area contributed by atoms with Crippen LogP contribution in [0.4, 0.5) is 8.78 Å². The van der Waals surface area contributed by atoms with Crippen molar-refractivity contribution in [3.63, 3.8) is 0 Å². The van der Waals surface area contributed by atoms with Gasteiger partial charge in [0.05, 0.1) is 17.1 Å². The van der Waals surface area contributed by atoms with Crippen LogP contribution in [0.5, 0.6) is 40.5 Å². The summed E-state index contributed by atoms with van der Waals surface area (Å²) in [6, 6.07) is 13.5. The fraction of sp³-hybridized carbons (Fsp3) is 0.103. The number of nitrogens with one attached hydrogen (secondary N) is 1. The van der Waals surface area contributed by atoms with E-state index in [1.165, 1.54) is 18.2 Å². The molecule has 0 saturated heterocycles. The van der Waals surface area contributed by atoms with Crippen LogP contribution in [0.1, 0.15) is 21.5 Å². The van der Waals surface area contributed by atoms with Gasteiger partial charge in [-0.15, -0.1) is 0 Å². The zero-order valence-corrected chi connectivity index (χ0v) is 23.0. The lowest BCUT2D eigenvalue weighted by atomic mass is 10.2. The fourth-order valence-electron chi connectivity index (χ4n) is 4.05. The summed E-state index contributed by atoms with van der Waals surface area (Å²) in [6.45, 7) is 1.34. The number of halogens is 3. The summed E-state index contributed by atoms with van der Waals surface area (Å²) in [4.78, 5) is 21.5. The number of benzene rings is 3. The zero-order chi connectivity index (χ0) is 30.8. The molecule has 14 heteroatoms. The number of rotatable bonds is 9. The van der Waals surface area contributed by atoms with E-state index < -0.39 is 40.9 Å². The van der Waals surface area contributed by atoms with Gasteiger partial charge in [0.1, 0.15) is 23.2 Å². The molecule has 11 nitrogen and oxygen atoms in total. The van der Waals surface area contributed by atoms with Crippen LogP contribution < -0.4 is 19.9 Å². The summed E-state index contributed by atoms with van der Waals surface area (Å²) in [7, 11) is 1.87. The maximum absolute atomic E-state index is 15.8. The lowest BCUT2D eigenvalue weighted by Gasteiger charge is -2.17. The summed E-state index contributed by atoms with van der Waals surface area (Å²) < 4.78 is 48.2. The molecule has 5 N–H and O–H groups in total. The van der Waals surface area contributed by atoms with Gasteiger partial charge in [-0.2, -0.15) is 13.8 Å². The average molecular weight is 610 g/mol. The number of ether oxygens (including phenoxy) is 3. The van der Waals surface area contributed by atoms with E-state index in [0.29, 0.717) is 17.9 Å². The molecular weight excluding hydrogens is 588 g/mol. The summed E-state index contributed by atoms with van der Waals surface area (Å²) in [5.74, 6) is -7.36. The van der Waals surface area contributed by atoms with Crippen LogP contribution in [0.3, 0.4) is 0 Å². The molecule has 1 aliphatic rings. The standard InChI is InChI=1S/C29H22ClF2N5O6/c1-37-10-9-35-26(37)15-3-2-4-17(11-15)41-27-22(31)24(42-20-8-6-16(29(39)40)12-18(20)30)23(32)28(36-27)43-21-13-14(25(33)34)5-7-19(21)38/h2-8,11-13,38H,9-10H2,1H3,(H3,33,34)(H,39,40). The van der Waals surface area contributed by atoms with Gasteiger partial charge in [-0.05, 0) is 48.5 Å². The first kappa shape index (κ1) is 29.1. The molecule has 5 rings (SSSR count). The van der Waals surface area contributed by atoms with Crippen molar-refractivity contribution in [1.82, 2.24) is 9.88 Å². The lowest BCUT2D eigenvalue weighted by Crippen LogP contribution is -2.23. The molecule has 0 atom stereocenters. The quantitative estimate of drug-likeness (QED) is 0.136. The third kappa shape index (κ3) is 6.11. The molecule has 3 aromatic carbocycles. The Morgan fingerprint density at radius 2 is 1.72 bits per heavy atom. The second-order valence-electron chi connectivity index (χ2n) is 9.19. The normalized spacial score (nSPS) is 12.6. The Balaban J connectivity index is 1.59. The van der Waals surface area contributed by atoms with Crippen molar-refractivity contribution in [2.45, 2.75) is 0 Å². The van der Waals surface area contributed by atoms with E-state index in [0.717, 1.165) is 30.8 Å². The van der Waals surface area contributed by atoms with Crippen LogP contribution in [-0.2, 0) is 0 Å². The first-order valence-corrected chi connectivity index (χ1v) is 12.9. The number of nitrogens with zero attached hydrogens (tertiary/aromatic N) is 3. The lowest BCUT2D eigenvalue weighted by molar-refractivity contribution is 0.0697. The number of amidine groups is 2. The molecule has 43 heavy (non-hydrogen) atoms. The molecule has 220 valence electrons. The number of hydrogen-bond donors (Lipinski definition) is 4. The summed E-state index contributed by atoms with van der Waals surface area (Å²) in [6.07, 6.45) is 0. The average Bonchev–Trinajstić information content (AvgIpc) is 3.41. The fourth-order valence-corrected chi connectivity index (χ4v) is 4.27. The van der Waals surface area contributed by atoms with Crippen molar-refractivity contribution in [2.24, 2.45) is 10.7 Å². The Hall–Kier alpha value is -5.43. The minimum atomic E-state index is -1.44. The van der Waals surface area contributed by atoms with E-state index in [2.05, 4.69) is 9.98 Å². The minimum absolute atomic E-state index is 0.126. The van der Waals surface area contributed by atoms with Crippen LogP contribution >= 0.6 is 11.6 Å². The maximum atomic E-state index is 15.8. The number of carboxylic acid groups (broad SMARTS) is 1. The van der Waals surface area contributed by atoms with E-state index in [4.69, 9.17) is 37.0 Å². The summed E-state index contributed by atoms with van der Waals surface area (Å²) in [5.41, 5.74) is 6.16. The number of aliphatic imine (C=N–C) groups is 1. The topological polar surface area (TPSA) is 164 Å². The number of phenols is 1. The number of nitrogen functional groups attached to an aromatic ring is 1. The molecule has 0 unspecified atom stereocenters. The molecule has 0 fully saturated rings. The summed E-state index contributed by atoms with van der Waals surface area (Å²) >= 11 is 6.13. The predicted molar refractivity (Wildman–Crippen MR) is 152 cm³/mol. The van der Waals surface area contributed by atoms with Gasteiger partial charge < -0.3 is 35.1 Å². The van der Waals surface area contributed by atoms with E-state index in [9.17, 15) is 15.0 Å². The van der Waals surface area contributed by atoms with Crippen molar-refractivity contribution in [1.29, 1.82) is 5.41 Å². The predicted octanol–water partition coefficient (Wildman–Crippen LogP) is 5.77. The first-order chi connectivity index (χ1) is 20.5. The van der Waals surface area contributed by atoms with E-state index >= 15 is 8.78 Å². The zero-order valence-electron chi connectivity index (χ0n) is 22.3. The Morgan fingerprint density at radius 1 is 1.00 bits per heavy atom. The smallest absolute Gasteiger partial charge is 0.335 e. The van der Waals surface area contributed by atoms with Gasteiger partial charge in [0.15, 0.2) is 11.5 Å². The molecule has 4 aromatic rings. The van der Waals surface area contributed by atoms with Gasteiger partial charge in [-0.3, -0.25) is 10.4 Å². The Morgan fingerprint density at radius 3 is 2.37 bits per heavy atom. The van der Waals surface area contributed by atoms with E-state index in [-0.39, 0.29) is 39.2 Å². The van der Waals surface area contributed by atoms with Gasteiger partial charge >= 0.3 is 5.97 Å². The third-order valence-corrected chi connectivity index (χ3v) is 6.51. The number of pyridine rings is 1. The number of nitrogens with two attached hydrogens (primary N) is 1. The van der Waals surface area contributed by atoms with Crippen molar-refractivity contribution >= 4 is 29.2 Å². The second kappa shape index (κ2) is 11.8. The second-order valence-corrected chi connectivity index (χ2v) is 9.59. The number of aromatic carboxylic acids is 1. The molecule has 1 aliphatic heterocycles. The van der Waals surface area contributed by atoms with E-state index in [1.807, 2.05) is 11.9 Å². The first-order valence-electron chi connectivity index (χ1n) is 12.5. The molecule has 0 spiro atoms. The van der Waals surface area contributed by atoms with Gasteiger partial charge in [0, 0.05) is 24.7 Å². The number of phenolic OH excluding ortho intramolecular Hbond substituents is 1. The third-order valence-electron chi connectivity index (χ3n) is 6.21. The molecule has 0 bridgehead atoms. The molecule has 0 aliphatic carbocycles. The molecule has 0 amide bonds. The number of hydrogen-bond acceptors (Lipinski definition) is 9. The highest BCUT2D eigenvalue weighted by Crippen LogP contribution is 2.42. The van der Waals surface area contributed by atoms with Gasteiger partial charge in [0.25, 0.3) is 11.8 Å². The van der Waals surface area contributed by atoms with Crippen LogP contribution in [-0.4, -0.2) is 57.9 Å². The minimum Gasteiger partial charge on any atom is -0.504 e. The SMILES string of the molecule is CN1CCN=C1c1cccc(Oc2nc(Oc3cc(C(=N)N)ccc3O)c(F)c(Oc3ccc(C(=O)O)cc3Cl)c2F)c1. The molecule has 0 radical (unpaired) electrons. The van der Waals surface area contributed by atoms with Crippen molar-refractivity contribution < 1.29 is 38.0 Å². The van der Waals surface area contributed by atoms with Gasteiger partial charge in [0.2, 0.25) is 17.4 Å². The number of carbonyl (C=O) groups is 1. The van der Waals surface area contributed by atoms with Crippen LogP contribution in [0.15, 0.2) is 65.7 Å². The van der Waals surface area contributed by atoms with Gasteiger partial charge in [-0.1, -0.05) is 23.7 Å². The molecule has 1 aromatic heterocycles. The van der Waals surface area contributed by atoms with Crippen molar-refractivity contribution in [2.75, 3.05) is 20.1 Å². The molecular formula is C29H22ClF2N5O6. The Labute approximate surface area is 247 Å².